The minimum Gasteiger partial charge on any atom is -0.508 e. The average molecular weight is 335 g/mol. The number of nitrogens with zero attached hydrogens (tertiary/aromatic N) is 1. The van der Waals surface area contributed by atoms with E-state index in [2.05, 4.69) is 21.2 Å². The zero-order chi connectivity index (χ0) is 13.8. The van der Waals surface area contributed by atoms with Gasteiger partial charge in [0.1, 0.15) is 5.75 Å². The van der Waals surface area contributed by atoms with E-state index in [0.29, 0.717) is 0 Å². The van der Waals surface area contributed by atoms with Crippen molar-refractivity contribution in [1.82, 2.24) is 10.2 Å². The van der Waals surface area contributed by atoms with Crippen LogP contribution >= 0.6 is 15.9 Å². The summed E-state index contributed by atoms with van der Waals surface area (Å²) in [6.07, 6.45) is -2.59. The fourth-order valence-electron chi connectivity index (χ4n) is 2.42. The quantitative estimate of drug-likeness (QED) is 0.888. The summed E-state index contributed by atoms with van der Waals surface area (Å²) in [7, 11) is 0. The lowest BCUT2D eigenvalue weighted by Crippen LogP contribution is -2.45. The molecule has 1 heterocycles. The molecule has 1 aromatic rings. The number of nitrogens with one attached hydrogen (secondary N) is 1. The zero-order valence-electron chi connectivity index (χ0n) is 10.5. The van der Waals surface area contributed by atoms with Crippen molar-refractivity contribution in [3.05, 3.63) is 28.2 Å². The standard InChI is InChI=1S/C13H17BrF2N2O/c14-11-2-1-9(19)7-10(11)12(8-13(15)16)18-5-3-17-4-6-18/h1-2,7,12-13,17,19H,3-6,8H2/t12-/m1/s1. The van der Waals surface area contributed by atoms with Crippen LogP contribution in [0, 0.1) is 0 Å². The van der Waals surface area contributed by atoms with Gasteiger partial charge in [0.05, 0.1) is 0 Å². The van der Waals surface area contributed by atoms with Gasteiger partial charge in [0.15, 0.2) is 0 Å². The average Bonchev–Trinajstić information content (AvgIpc) is 2.40. The number of benzene rings is 1. The second kappa shape index (κ2) is 6.63. The Kier molecular flexibility index (Phi) is 5.13. The highest BCUT2D eigenvalue weighted by Crippen LogP contribution is 2.34. The minimum atomic E-state index is -2.37. The molecule has 1 aliphatic rings. The third kappa shape index (κ3) is 3.87. The van der Waals surface area contributed by atoms with Gasteiger partial charge in [0, 0.05) is 43.1 Å². The first-order chi connectivity index (χ1) is 9.08. The van der Waals surface area contributed by atoms with Gasteiger partial charge in [0.2, 0.25) is 6.43 Å². The van der Waals surface area contributed by atoms with E-state index >= 15 is 0 Å². The number of halogens is 3. The topological polar surface area (TPSA) is 35.5 Å². The van der Waals surface area contributed by atoms with Gasteiger partial charge in [-0.1, -0.05) is 15.9 Å². The summed E-state index contributed by atoms with van der Waals surface area (Å²) in [6.45, 7) is 3.07. The molecule has 106 valence electrons. The number of rotatable bonds is 4. The van der Waals surface area contributed by atoms with E-state index in [4.69, 9.17) is 0 Å². The molecule has 6 heteroatoms. The van der Waals surface area contributed by atoms with Gasteiger partial charge in [-0.3, -0.25) is 4.90 Å². The van der Waals surface area contributed by atoms with Crippen LogP contribution in [0.3, 0.4) is 0 Å². The molecule has 0 unspecified atom stereocenters. The molecule has 2 N–H and O–H groups in total. The molecule has 0 aliphatic carbocycles. The summed E-state index contributed by atoms with van der Waals surface area (Å²) in [6, 6.07) is 4.44. The Balaban J connectivity index is 2.27. The van der Waals surface area contributed by atoms with Crippen LogP contribution in [-0.4, -0.2) is 42.6 Å². The first kappa shape index (κ1) is 14.7. The fraction of sp³-hybridized carbons (Fsp3) is 0.538. The van der Waals surface area contributed by atoms with E-state index in [1.54, 1.807) is 18.2 Å². The van der Waals surface area contributed by atoms with Crippen molar-refractivity contribution in [1.29, 1.82) is 0 Å². The monoisotopic (exact) mass is 334 g/mol. The molecular weight excluding hydrogens is 318 g/mol. The van der Waals surface area contributed by atoms with Crippen LogP contribution in [0.4, 0.5) is 8.78 Å². The van der Waals surface area contributed by atoms with Crippen LogP contribution in [0.25, 0.3) is 0 Å². The van der Waals surface area contributed by atoms with Crippen molar-refractivity contribution in [2.75, 3.05) is 26.2 Å². The van der Waals surface area contributed by atoms with Gasteiger partial charge in [-0.15, -0.1) is 0 Å². The van der Waals surface area contributed by atoms with E-state index in [9.17, 15) is 13.9 Å². The molecule has 0 radical (unpaired) electrons. The Bertz CT molecular complexity index is 425. The Morgan fingerprint density at radius 2 is 2.00 bits per heavy atom. The Morgan fingerprint density at radius 3 is 2.63 bits per heavy atom. The molecule has 0 aromatic heterocycles. The van der Waals surface area contributed by atoms with Gasteiger partial charge in [-0.05, 0) is 23.8 Å². The highest BCUT2D eigenvalue weighted by atomic mass is 79.9. The summed E-state index contributed by atoms with van der Waals surface area (Å²) in [4.78, 5) is 2.04. The molecule has 19 heavy (non-hydrogen) atoms. The molecule has 1 saturated heterocycles. The van der Waals surface area contributed by atoms with E-state index in [0.717, 1.165) is 36.2 Å². The molecule has 0 amide bonds. The van der Waals surface area contributed by atoms with Gasteiger partial charge in [0.25, 0.3) is 0 Å². The highest BCUT2D eigenvalue weighted by Gasteiger charge is 2.27. The predicted molar refractivity (Wildman–Crippen MR) is 73.6 cm³/mol. The maximum Gasteiger partial charge on any atom is 0.240 e. The lowest BCUT2D eigenvalue weighted by molar-refractivity contribution is 0.0735. The zero-order valence-corrected chi connectivity index (χ0v) is 12.0. The van der Waals surface area contributed by atoms with E-state index in [1.807, 2.05) is 4.90 Å². The summed E-state index contributed by atoms with van der Waals surface area (Å²) in [5.41, 5.74) is 0.724. The minimum absolute atomic E-state index is 0.104. The van der Waals surface area contributed by atoms with Crippen LogP contribution in [0.2, 0.25) is 0 Å². The smallest absolute Gasteiger partial charge is 0.240 e. The Labute approximate surface area is 119 Å². The van der Waals surface area contributed by atoms with Crippen LogP contribution in [0.15, 0.2) is 22.7 Å². The molecule has 0 saturated carbocycles. The molecule has 1 fully saturated rings. The number of alkyl halides is 2. The van der Waals surface area contributed by atoms with Gasteiger partial charge in [-0.25, -0.2) is 8.78 Å². The van der Waals surface area contributed by atoms with Crippen molar-refractivity contribution in [3.8, 4) is 5.75 Å². The number of hydrogen-bond acceptors (Lipinski definition) is 3. The summed E-state index contributed by atoms with van der Waals surface area (Å²) in [5.74, 6) is 0.104. The highest BCUT2D eigenvalue weighted by molar-refractivity contribution is 9.10. The summed E-state index contributed by atoms with van der Waals surface area (Å²) < 4.78 is 26.4. The lowest BCUT2D eigenvalue weighted by atomic mass is 10.0. The number of piperazine rings is 1. The molecule has 1 atom stereocenters. The van der Waals surface area contributed by atoms with Gasteiger partial charge < -0.3 is 10.4 Å². The normalized spacial score (nSPS) is 18.7. The van der Waals surface area contributed by atoms with Crippen molar-refractivity contribution >= 4 is 15.9 Å². The number of phenolic OH excluding ortho intramolecular Hbond substituents is 1. The van der Waals surface area contributed by atoms with E-state index in [-0.39, 0.29) is 18.2 Å². The van der Waals surface area contributed by atoms with Gasteiger partial charge >= 0.3 is 0 Å². The molecule has 2 rings (SSSR count). The first-order valence-electron chi connectivity index (χ1n) is 6.29. The van der Waals surface area contributed by atoms with E-state index < -0.39 is 6.43 Å². The maximum absolute atomic E-state index is 12.8. The molecule has 1 aliphatic heterocycles. The molecule has 0 bridgehead atoms. The largest absolute Gasteiger partial charge is 0.508 e. The number of hydrogen-bond donors (Lipinski definition) is 2. The number of aromatic hydroxyl groups is 1. The van der Waals surface area contributed by atoms with Crippen molar-refractivity contribution < 1.29 is 13.9 Å². The van der Waals surface area contributed by atoms with Gasteiger partial charge in [-0.2, -0.15) is 0 Å². The van der Waals surface area contributed by atoms with E-state index in [1.165, 1.54) is 0 Å². The van der Waals surface area contributed by atoms with Crippen molar-refractivity contribution in [3.63, 3.8) is 0 Å². The van der Waals surface area contributed by atoms with Crippen LogP contribution in [0.5, 0.6) is 5.75 Å². The molecular formula is C13H17BrF2N2O. The summed E-state index contributed by atoms with van der Waals surface area (Å²) in [5, 5.41) is 12.8. The summed E-state index contributed by atoms with van der Waals surface area (Å²) >= 11 is 3.39. The fourth-order valence-corrected chi connectivity index (χ4v) is 2.93. The second-order valence-electron chi connectivity index (χ2n) is 4.63. The number of phenols is 1. The third-order valence-corrected chi connectivity index (χ3v) is 4.05. The van der Waals surface area contributed by atoms with Crippen LogP contribution in [-0.2, 0) is 0 Å². The Hall–Kier alpha value is -0.720. The first-order valence-corrected chi connectivity index (χ1v) is 7.08. The molecule has 3 nitrogen and oxygen atoms in total. The molecule has 0 spiro atoms. The van der Waals surface area contributed by atoms with Crippen molar-refractivity contribution in [2.45, 2.75) is 18.9 Å². The van der Waals surface area contributed by atoms with Crippen LogP contribution in [0.1, 0.15) is 18.0 Å². The lowest BCUT2D eigenvalue weighted by Gasteiger charge is -2.35. The maximum atomic E-state index is 12.8. The third-order valence-electron chi connectivity index (χ3n) is 3.33. The second-order valence-corrected chi connectivity index (χ2v) is 5.49. The Morgan fingerprint density at radius 1 is 1.32 bits per heavy atom. The van der Waals surface area contributed by atoms with Crippen molar-refractivity contribution in [2.24, 2.45) is 0 Å². The predicted octanol–water partition coefficient (Wildman–Crippen LogP) is 2.76. The van der Waals surface area contributed by atoms with Crippen LogP contribution < -0.4 is 5.32 Å². The molecule has 1 aromatic carbocycles. The SMILES string of the molecule is Oc1ccc(Br)c([C@@H](CC(F)F)N2CCNCC2)c1.